The van der Waals surface area contributed by atoms with Crippen LogP contribution in [0.5, 0.6) is 0 Å². The second-order valence-corrected chi connectivity index (χ2v) is 5.59. The molecule has 1 aliphatic carbocycles. The number of benzene rings is 3. The molecular weight excluding hydrogens is 282 g/mol. The Bertz CT molecular complexity index is 882. The number of rotatable bonds is 2. The molecule has 0 saturated carbocycles. The van der Waals surface area contributed by atoms with Gasteiger partial charge in [0.05, 0.1) is 17.3 Å². The molecule has 1 aliphatic rings. The number of para-hydroxylation sites is 1. The van der Waals surface area contributed by atoms with E-state index in [2.05, 4.69) is 0 Å². The van der Waals surface area contributed by atoms with Gasteiger partial charge in [0.2, 0.25) is 0 Å². The Labute approximate surface area is 135 Å². The van der Waals surface area contributed by atoms with E-state index in [1.807, 2.05) is 84.9 Å². The minimum Gasteiger partial charge on any atom is -0.293 e. The Kier molecular flexibility index (Phi) is 3.35. The van der Waals surface area contributed by atoms with Gasteiger partial charge in [0.15, 0.2) is 5.78 Å². The third kappa shape index (κ3) is 2.38. The largest absolute Gasteiger partial charge is 0.293 e. The maximum atomic E-state index is 12.9. The Hall–Kier alpha value is -3.00. The number of Topliss-reactive ketones (excluding diaryl/α,β-unsaturated/α-hetero) is 1. The van der Waals surface area contributed by atoms with Crippen LogP contribution in [0.3, 0.4) is 0 Å². The van der Waals surface area contributed by atoms with E-state index in [0.717, 1.165) is 28.1 Å². The first-order valence-corrected chi connectivity index (χ1v) is 7.67. The lowest BCUT2D eigenvalue weighted by atomic mass is 9.93. The van der Waals surface area contributed by atoms with E-state index in [0.29, 0.717) is 0 Å². The Balaban J connectivity index is 1.91. The van der Waals surface area contributed by atoms with E-state index in [4.69, 9.17) is 4.99 Å². The Morgan fingerprint density at radius 2 is 1.22 bits per heavy atom. The highest BCUT2D eigenvalue weighted by Gasteiger charge is 2.37. The number of carbonyl (C=O) groups excluding carboxylic acids is 1. The monoisotopic (exact) mass is 297 g/mol. The highest BCUT2D eigenvalue weighted by molar-refractivity contribution is 6.32. The van der Waals surface area contributed by atoms with Gasteiger partial charge in [0.1, 0.15) is 0 Å². The number of carbonyl (C=O) groups is 1. The molecule has 0 unspecified atom stereocenters. The lowest BCUT2D eigenvalue weighted by molar-refractivity contribution is 0.0988. The van der Waals surface area contributed by atoms with Crippen LogP contribution in [0.15, 0.2) is 89.9 Å². The number of nitrogens with zero attached hydrogens (tertiary/aromatic N) is 1. The van der Waals surface area contributed by atoms with Crippen LogP contribution >= 0.6 is 0 Å². The topological polar surface area (TPSA) is 29.4 Å². The summed E-state index contributed by atoms with van der Waals surface area (Å²) in [6, 6.07) is 27.4. The summed E-state index contributed by atoms with van der Waals surface area (Å²) in [5.41, 5.74) is 4.39. The zero-order chi connectivity index (χ0) is 15.6. The molecule has 3 aromatic rings. The van der Waals surface area contributed by atoms with Crippen LogP contribution < -0.4 is 0 Å². The van der Waals surface area contributed by atoms with Gasteiger partial charge in [-0.05, 0) is 17.7 Å². The SMILES string of the molecule is O=C1c2ccccc2C(=Nc2ccccc2)[C@@H]1c1ccccc1. The van der Waals surface area contributed by atoms with Gasteiger partial charge in [-0.2, -0.15) is 0 Å². The van der Waals surface area contributed by atoms with E-state index in [1.165, 1.54) is 0 Å². The van der Waals surface area contributed by atoms with Crippen molar-refractivity contribution in [2.75, 3.05) is 0 Å². The molecule has 0 aliphatic heterocycles. The van der Waals surface area contributed by atoms with Crippen LogP contribution in [0.4, 0.5) is 5.69 Å². The van der Waals surface area contributed by atoms with Crippen molar-refractivity contribution >= 4 is 17.2 Å². The standard InChI is InChI=1S/C21H15NO/c23-21-18-14-8-7-13-17(18)20(22-16-11-5-2-6-12-16)19(21)15-9-3-1-4-10-15/h1-14,19H/t19-/m0/s1. The van der Waals surface area contributed by atoms with E-state index < -0.39 is 0 Å². The maximum absolute atomic E-state index is 12.9. The fourth-order valence-electron chi connectivity index (χ4n) is 3.08. The quantitative estimate of drug-likeness (QED) is 0.669. The predicted octanol–water partition coefficient (Wildman–Crippen LogP) is 4.79. The summed E-state index contributed by atoms with van der Waals surface area (Å²) < 4.78 is 0. The molecule has 0 amide bonds. The molecule has 0 radical (unpaired) electrons. The van der Waals surface area contributed by atoms with Gasteiger partial charge in [0, 0.05) is 11.1 Å². The van der Waals surface area contributed by atoms with E-state index >= 15 is 0 Å². The van der Waals surface area contributed by atoms with E-state index in [-0.39, 0.29) is 11.7 Å². The van der Waals surface area contributed by atoms with Crippen LogP contribution in [0, 0.1) is 0 Å². The van der Waals surface area contributed by atoms with Crippen molar-refractivity contribution in [3.8, 4) is 0 Å². The number of hydrogen-bond acceptors (Lipinski definition) is 2. The molecule has 0 N–H and O–H groups in total. The second-order valence-electron chi connectivity index (χ2n) is 5.59. The minimum atomic E-state index is -0.325. The molecule has 0 bridgehead atoms. The molecule has 1 atom stereocenters. The van der Waals surface area contributed by atoms with Crippen LogP contribution in [0.2, 0.25) is 0 Å². The smallest absolute Gasteiger partial charge is 0.176 e. The van der Waals surface area contributed by atoms with Crippen LogP contribution in [-0.2, 0) is 0 Å². The van der Waals surface area contributed by atoms with Crippen LogP contribution in [-0.4, -0.2) is 11.5 Å². The Morgan fingerprint density at radius 3 is 1.91 bits per heavy atom. The molecular formula is C21H15NO. The lowest BCUT2D eigenvalue weighted by Crippen LogP contribution is -2.13. The van der Waals surface area contributed by atoms with Gasteiger partial charge in [-0.15, -0.1) is 0 Å². The molecule has 23 heavy (non-hydrogen) atoms. The molecule has 2 heteroatoms. The van der Waals surface area contributed by atoms with Crippen molar-refractivity contribution in [3.63, 3.8) is 0 Å². The third-order valence-electron chi connectivity index (χ3n) is 4.14. The Morgan fingerprint density at radius 1 is 0.652 bits per heavy atom. The fraction of sp³-hybridized carbons (Fsp3) is 0.0476. The highest BCUT2D eigenvalue weighted by Crippen LogP contribution is 2.35. The van der Waals surface area contributed by atoms with E-state index in [1.54, 1.807) is 0 Å². The average molecular weight is 297 g/mol. The third-order valence-corrected chi connectivity index (χ3v) is 4.14. The van der Waals surface area contributed by atoms with Crippen molar-refractivity contribution in [1.82, 2.24) is 0 Å². The number of ketones is 1. The number of aliphatic imine (C=N–C) groups is 1. The molecule has 2 nitrogen and oxygen atoms in total. The van der Waals surface area contributed by atoms with Crippen molar-refractivity contribution in [2.24, 2.45) is 4.99 Å². The minimum absolute atomic E-state index is 0.126. The molecule has 4 rings (SSSR count). The summed E-state index contributed by atoms with van der Waals surface area (Å²) in [6.45, 7) is 0. The summed E-state index contributed by atoms with van der Waals surface area (Å²) in [5.74, 6) is -0.199. The van der Waals surface area contributed by atoms with Crippen molar-refractivity contribution in [1.29, 1.82) is 0 Å². The maximum Gasteiger partial charge on any atom is 0.176 e. The summed E-state index contributed by atoms with van der Waals surface area (Å²) in [4.78, 5) is 17.7. The van der Waals surface area contributed by atoms with Gasteiger partial charge in [-0.3, -0.25) is 9.79 Å². The summed E-state index contributed by atoms with van der Waals surface area (Å²) in [6.07, 6.45) is 0. The van der Waals surface area contributed by atoms with Crippen molar-refractivity contribution < 1.29 is 4.79 Å². The van der Waals surface area contributed by atoms with E-state index in [9.17, 15) is 4.79 Å². The molecule has 0 heterocycles. The molecule has 0 saturated heterocycles. The molecule has 0 spiro atoms. The number of hydrogen-bond donors (Lipinski definition) is 0. The van der Waals surface area contributed by atoms with Crippen LogP contribution in [0.1, 0.15) is 27.4 Å². The summed E-state index contributed by atoms with van der Waals surface area (Å²) in [7, 11) is 0. The van der Waals surface area contributed by atoms with Gasteiger partial charge in [-0.1, -0.05) is 72.8 Å². The summed E-state index contributed by atoms with van der Waals surface area (Å²) in [5, 5.41) is 0. The van der Waals surface area contributed by atoms with Gasteiger partial charge in [-0.25, -0.2) is 0 Å². The second kappa shape index (κ2) is 5.65. The zero-order valence-electron chi connectivity index (χ0n) is 12.5. The average Bonchev–Trinajstić information content (AvgIpc) is 2.89. The van der Waals surface area contributed by atoms with Gasteiger partial charge in [0.25, 0.3) is 0 Å². The molecule has 3 aromatic carbocycles. The van der Waals surface area contributed by atoms with Gasteiger partial charge >= 0.3 is 0 Å². The van der Waals surface area contributed by atoms with Crippen molar-refractivity contribution in [2.45, 2.75) is 5.92 Å². The molecule has 0 fully saturated rings. The van der Waals surface area contributed by atoms with Crippen LogP contribution in [0.25, 0.3) is 0 Å². The van der Waals surface area contributed by atoms with Crippen molar-refractivity contribution in [3.05, 3.63) is 102 Å². The van der Waals surface area contributed by atoms with Gasteiger partial charge < -0.3 is 0 Å². The molecule has 110 valence electrons. The predicted molar refractivity (Wildman–Crippen MR) is 92.6 cm³/mol. The summed E-state index contributed by atoms with van der Waals surface area (Å²) >= 11 is 0. The zero-order valence-corrected chi connectivity index (χ0v) is 12.5. The normalized spacial score (nSPS) is 18.2. The lowest BCUT2D eigenvalue weighted by Gasteiger charge is -2.11. The fourth-order valence-corrected chi connectivity index (χ4v) is 3.08. The highest BCUT2D eigenvalue weighted by atomic mass is 16.1. The first-order valence-electron chi connectivity index (χ1n) is 7.67. The first-order chi connectivity index (χ1) is 11.3. The first kappa shape index (κ1) is 13.6. The number of fused-ring (bicyclic) bond motifs is 1. The molecule has 0 aromatic heterocycles.